The van der Waals surface area contributed by atoms with Gasteiger partial charge in [-0.3, -0.25) is 4.79 Å². The van der Waals surface area contributed by atoms with Gasteiger partial charge in [-0.15, -0.1) is 0 Å². The maximum Gasteiger partial charge on any atom is 0.302 e. The number of rotatable bonds is 10. The molecule has 1 aliphatic carbocycles. The Morgan fingerprint density at radius 1 is 0.821 bits per heavy atom. The Morgan fingerprint density at radius 3 is 1.79 bits per heavy atom. The first-order chi connectivity index (χ1) is 13.7. The molecule has 0 aromatic heterocycles. The Hall–Kier alpha value is -2.21. The molecule has 0 radical (unpaired) electrons. The predicted molar refractivity (Wildman–Crippen MR) is 105 cm³/mol. The molecule has 0 amide bonds. The van der Waals surface area contributed by atoms with Crippen LogP contribution in [-0.4, -0.2) is 37.0 Å². The standard InChI is InChI=1S/C23H28O5/c1-17(25)28-23-20(12-24)21(15-26-13-18-8-4-2-5-9-18)22(23)16-27-14-19-10-6-3-7-11-19/h2-11,20-24H,12-16H2,1H3/t20-,21-,22+,23-/m0/s1. The number of hydrogen-bond donors (Lipinski definition) is 1. The molecule has 28 heavy (non-hydrogen) atoms. The first-order valence-corrected chi connectivity index (χ1v) is 9.70. The van der Waals surface area contributed by atoms with Gasteiger partial charge in [0.05, 0.1) is 26.4 Å². The molecule has 1 N–H and O–H groups in total. The van der Waals surface area contributed by atoms with Gasteiger partial charge in [0.2, 0.25) is 0 Å². The van der Waals surface area contributed by atoms with Gasteiger partial charge in [0.25, 0.3) is 0 Å². The predicted octanol–water partition coefficient (Wildman–Crippen LogP) is 3.21. The molecule has 150 valence electrons. The SMILES string of the molecule is CC(=O)O[C@@H]1[C@H](COCc2ccccc2)[C@@H](COCc2ccccc2)[C@@H]1CO. The third-order valence-corrected chi connectivity index (χ3v) is 5.30. The van der Waals surface area contributed by atoms with E-state index in [0.29, 0.717) is 26.4 Å². The summed E-state index contributed by atoms with van der Waals surface area (Å²) in [5.41, 5.74) is 2.21. The summed E-state index contributed by atoms with van der Waals surface area (Å²) in [6, 6.07) is 19.9. The van der Waals surface area contributed by atoms with E-state index in [2.05, 4.69) is 0 Å². The van der Waals surface area contributed by atoms with Gasteiger partial charge < -0.3 is 19.3 Å². The maximum atomic E-state index is 11.5. The molecule has 0 bridgehead atoms. The van der Waals surface area contributed by atoms with Crippen molar-refractivity contribution in [3.63, 3.8) is 0 Å². The van der Waals surface area contributed by atoms with Gasteiger partial charge >= 0.3 is 5.97 Å². The second-order valence-corrected chi connectivity index (χ2v) is 7.25. The fourth-order valence-corrected chi connectivity index (χ4v) is 3.82. The van der Waals surface area contributed by atoms with Crippen LogP contribution in [0.25, 0.3) is 0 Å². The van der Waals surface area contributed by atoms with Crippen molar-refractivity contribution >= 4 is 5.97 Å². The van der Waals surface area contributed by atoms with Crippen molar-refractivity contribution in [2.24, 2.45) is 17.8 Å². The maximum absolute atomic E-state index is 11.5. The number of esters is 1. The summed E-state index contributed by atoms with van der Waals surface area (Å²) in [5.74, 6) is -0.348. The number of benzene rings is 2. The lowest BCUT2D eigenvalue weighted by atomic mass is 9.63. The largest absolute Gasteiger partial charge is 0.462 e. The average Bonchev–Trinajstić information content (AvgIpc) is 2.71. The lowest BCUT2D eigenvalue weighted by molar-refractivity contribution is -0.198. The van der Waals surface area contributed by atoms with Crippen molar-refractivity contribution in [1.82, 2.24) is 0 Å². The molecular formula is C23H28O5. The number of hydrogen-bond acceptors (Lipinski definition) is 5. The highest BCUT2D eigenvalue weighted by molar-refractivity contribution is 5.66. The van der Waals surface area contributed by atoms with Gasteiger partial charge in [-0.1, -0.05) is 60.7 Å². The lowest BCUT2D eigenvalue weighted by Crippen LogP contribution is -2.58. The molecule has 1 saturated carbocycles. The highest BCUT2D eigenvalue weighted by Gasteiger charge is 2.52. The van der Waals surface area contributed by atoms with E-state index in [0.717, 1.165) is 11.1 Å². The van der Waals surface area contributed by atoms with E-state index in [4.69, 9.17) is 14.2 Å². The number of aliphatic hydroxyl groups is 1. The molecule has 2 aromatic carbocycles. The lowest BCUT2D eigenvalue weighted by Gasteiger charge is -2.50. The summed E-state index contributed by atoms with van der Waals surface area (Å²) in [5, 5.41) is 9.79. The summed E-state index contributed by atoms with van der Waals surface area (Å²) < 4.78 is 17.3. The van der Waals surface area contributed by atoms with Gasteiger partial charge in [-0.2, -0.15) is 0 Å². The first-order valence-electron chi connectivity index (χ1n) is 9.70. The van der Waals surface area contributed by atoms with Crippen LogP contribution in [0.4, 0.5) is 0 Å². The summed E-state index contributed by atoms with van der Waals surface area (Å²) >= 11 is 0. The average molecular weight is 384 g/mol. The van der Waals surface area contributed by atoms with Crippen LogP contribution in [0.1, 0.15) is 18.1 Å². The Bertz CT molecular complexity index is 718. The van der Waals surface area contributed by atoms with Crippen LogP contribution in [0.3, 0.4) is 0 Å². The Labute approximate surface area is 166 Å². The minimum Gasteiger partial charge on any atom is -0.462 e. The quantitative estimate of drug-likeness (QED) is 0.637. The molecule has 0 aliphatic heterocycles. The van der Waals surface area contributed by atoms with Crippen molar-refractivity contribution in [2.45, 2.75) is 26.2 Å². The van der Waals surface area contributed by atoms with Gasteiger partial charge in [-0.05, 0) is 17.0 Å². The van der Waals surface area contributed by atoms with Crippen LogP contribution in [0.2, 0.25) is 0 Å². The number of aliphatic hydroxyl groups excluding tert-OH is 1. The van der Waals surface area contributed by atoms with E-state index in [9.17, 15) is 9.90 Å². The van der Waals surface area contributed by atoms with Gasteiger partial charge in [-0.25, -0.2) is 0 Å². The van der Waals surface area contributed by atoms with E-state index >= 15 is 0 Å². The molecule has 0 heterocycles. The molecule has 5 nitrogen and oxygen atoms in total. The minimum absolute atomic E-state index is 0.0144. The molecule has 0 spiro atoms. The normalized spacial score (nSPS) is 23.8. The molecule has 1 fully saturated rings. The molecular weight excluding hydrogens is 356 g/mol. The zero-order valence-electron chi connectivity index (χ0n) is 16.2. The summed E-state index contributed by atoms with van der Waals surface area (Å²) in [6.45, 7) is 3.35. The van der Waals surface area contributed by atoms with E-state index in [1.807, 2.05) is 60.7 Å². The van der Waals surface area contributed by atoms with Gasteiger partial charge in [0, 0.05) is 25.4 Å². The fraction of sp³-hybridized carbons (Fsp3) is 0.435. The number of ether oxygens (including phenoxy) is 3. The van der Waals surface area contributed by atoms with Crippen molar-refractivity contribution < 1.29 is 24.1 Å². The Kier molecular flexibility index (Phi) is 7.60. The summed E-state index contributed by atoms with van der Waals surface area (Å²) in [7, 11) is 0. The third-order valence-electron chi connectivity index (χ3n) is 5.30. The topological polar surface area (TPSA) is 65.0 Å². The monoisotopic (exact) mass is 384 g/mol. The highest BCUT2D eigenvalue weighted by atomic mass is 16.5. The zero-order valence-corrected chi connectivity index (χ0v) is 16.2. The van der Waals surface area contributed by atoms with Crippen molar-refractivity contribution in [2.75, 3.05) is 19.8 Å². The van der Waals surface area contributed by atoms with Crippen LogP contribution in [0.15, 0.2) is 60.7 Å². The van der Waals surface area contributed by atoms with E-state index < -0.39 is 0 Å². The Balaban J connectivity index is 1.55. The zero-order chi connectivity index (χ0) is 19.8. The number of carbonyl (C=O) groups excluding carboxylic acids is 1. The van der Waals surface area contributed by atoms with Crippen LogP contribution in [0, 0.1) is 17.8 Å². The van der Waals surface area contributed by atoms with Crippen molar-refractivity contribution in [1.29, 1.82) is 0 Å². The van der Waals surface area contributed by atoms with Crippen LogP contribution in [0.5, 0.6) is 0 Å². The molecule has 0 saturated heterocycles. The molecule has 0 unspecified atom stereocenters. The summed E-state index contributed by atoms with van der Waals surface area (Å²) in [6.07, 6.45) is -0.330. The number of carbonyl (C=O) groups is 1. The minimum atomic E-state index is -0.333. The van der Waals surface area contributed by atoms with E-state index in [1.54, 1.807) is 0 Å². The van der Waals surface area contributed by atoms with Crippen LogP contribution in [-0.2, 0) is 32.2 Å². The van der Waals surface area contributed by atoms with Gasteiger partial charge in [0.15, 0.2) is 0 Å². The smallest absolute Gasteiger partial charge is 0.302 e. The molecule has 4 atom stereocenters. The molecule has 1 aliphatic rings. The van der Waals surface area contributed by atoms with Crippen molar-refractivity contribution in [3.8, 4) is 0 Å². The van der Waals surface area contributed by atoms with E-state index in [-0.39, 0.29) is 36.4 Å². The second-order valence-electron chi connectivity index (χ2n) is 7.25. The van der Waals surface area contributed by atoms with Gasteiger partial charge in [0.1, 0.15) is 6.10 Å². The van der Waals surface area contributed by atoms with E-state index in [1.165, 1.54) is 6.92 Å². The Morgan fingerprint density at radius 2 is 1.32 bits per heavy atom. The van der Waals surface area contributed by atoms with Crippen LogP contribution < -0.4 is 0 Å². The third kappa shape index (κ3) is 5.41. The summed E-state index contributed by atoms with van der Waals surface area (Å²) in [4.78, 5) is 11.5. The van der Waals surface area contributed by atoms with Crippen LogP contribution >= 0.6 is 0 Å². The molecule has 2 aromatic rings. The highest BCUT2D eigenvalue weighted by Crippen LogP contribution is 2.43. The van der Waals surface area contributed by atoms with Crippen molar-refractivity contribution in [3.05, 3.63) is 71.8 Å². The fourth-order valence-electron chi connectivity index (χ4n) is 3.82. The first kappa shape index (κ1) is 20.5. The molecule has 3 rings (SSSR count). The second kappa shape index (κ2) is 10.4. The molecule has 5 heteroatoms.